The van der Waals surface area contributed by atoms with E-state index in [2.05, 4.69) is 13.8 Å². The van der Waals surface area contributed by atoms with Crippen LogP contribution in [0.4, 0.5) is 5.69 Å². The average molecular weight is 300 g/mol. The molecule has 0 radical (unpaired) electrons. The molecule has 0 bridgehead atoms. The van der Waals surface area contributed by atoms with Gasteiger partial charge < -0.3 is 10.8 Å². The van der Waals surface area contributed by atoms with Gasteiger partial charge in [0.25, 0.3) is 0 Å². The van der Waals surface area contributed by atoms with Crippen LogP contribution in [0, 0.1) is 17.2 Å². The normalized spacial score (nSPS) is 13.1. The minimum Gasteiger partial charge on any atom is -0.477 e. The van der Waals surface area contributed by atoms with Gasteiger partial charge in [-0.2, -0.15) is 5.26 Å². The van der Waals surface area contributed by atoms with Gasteiger partial charge in [-0.05, 0) is 35.6 Å². The number of carboxylic acid groups (broad SMARTS) is 1. The van der Waals surface area contributed by atoms with Gasteiger partial charge >= 0.3 is 5.97 Å². The summed E-state index contributed by atoms with van der Waals surface area (Å²) in [5, 5.41) is 18.5. The van der Waals surface area contributed by atoms with Crippen molar-refractivity contribution in [2.45, 2.75) is 46.0 Å². The van der Waals surface area contributed by atoms with Crippen molar-refractivity contribution in [1.82, 2.24) is 0 Å². The Kier molecular flexibility index (Phi) is 7.18. The van der Waals surface area contributed by atoms with E-state index in [9.17, 15) is 15.2 Å². The Morgan fingerprint density at radius 3 is 2.41 bits per heavy atom. The van der Waals surface area contributed by atoms with Crippen LogP contribution in [0.5, 0.6) is 0 Å². The van der Waals surface area contributed by atoms with Gasteiger partial charge in [0.15, 0.2) is 0 Å². The molecule has 1 atom stereocenters. The van der Waals surface area contributed by atoms with Crippen LogP contribution < -0.4 is 5.73 Å². The molecule has 0 saturated carbocycles. The number of rotatable bonds is 8. The highest BCUT2D eigenvalue weighted by Gasteiger charge is 2.19. The minimum atomic E-state index is -1.17. The first-order valence-corrected chi connectivity index (χ1v) is 7.75. The molecule has 1 aromatic rings. The monoisotopic (exact) mass is 300 g/mol. The number of nitrogens with zero attached hydrogens (tertiary/aromatic N) is 1. The second-order valence-corrected chi connectivity index (χ2v) is 5.51. The lowest BCUT2D eigenvalue weighted by Gasteiger charge is -2.18. The molecular weight excluding hydrogens is 276 g/mol. The van der Waals surface area contributed by atoms with Gasteiger partial charge in [-0.15, -0.1) is 0 Å². The van der Waals surface area contributed by atoms with Crippen LogP contribution in [0.15, 0.2) is 29.8 Å². The Morgan fingerprint density at radius 1 is 1.32 bits per heavy atom. The Balaban J connectivity index is 3.20. The van der Waals surface area contributed by atoms with Crippen LogP contribution in [0.2, 0.25) is 0 Å². The van der Waals surface area contributed by atoms with E-state index in [0.717, 1.165) is 31.2 Å². The number of anilines is 1. The lowest BCUT2D eigenvalue weighted by Crippen LogP contribution is -2.07. The van der Waals surface area contributed by atoms with Crippen LogP contribution in [-0.4, -0.2) is 11.1 Å². The summed E-state index contributed by atoms with van der Waals surface area (Å²) >= 11 is 0. The van der Waals surface area contributed by atoms with Crippen molar-refractivity contribution in [2.24, 2.45) is 5.92 Å². The maximum absolute atomic E-state index is 11.4. The Hall–Kier alpha value is -2.28. The van der Waals surface area contributed by atoms with E-state index in [-0.39, 0.29) is 5.57 Å². The fraction of sp³-hybridized carbons (Fsp3) is 0.444. The molecule has 1 unspecified atom stereocenters. The molecule has 1 rings (SSSR count). The van der Waals surface area contributed by atoms with Gasteiger partial charge in [0, 0.05) is 5.69 Å². The van der Waals surface area contributed by atoms with Gasteiger partial charge in [0.05, 0.1) is 0 Å². The highest BCUT2D eigenvalue weighted by Crippen LogP contribution is 2.30. The van der Waals surface area contributed by atoms with E-state index < -0.39 is 5.97 Å². The SMILES string of the molecule is CCCCC(CC)C/C(=C(\C#N)C(=O)O)c1ccc(N)cc1. The Bertz CT molecular complexity index is 568. The molecule has 4 heteroatoms. The quantitative estimate of drug-likeness (QED) is 0.427. The molecule has 4 nitrogen and oxygen atoms in total. The largest absolute Gasteiger partial charge is 0.477 e. The average Bonchev–Trinajstić information content (AvgIpc) is 2.51. The highest BCUT2D eigenvalue weighted by molar-refractivity contribution is 6.00. The van der Waals surface area contributed by atoms with Crippen LogP contribution in [0.25, 0.3) is 5.57 Å². The molecule has 0 aliphatic carbocycles. The van der Waals surface area contributed by atoms with Crippen molar-refractivity contribution in [1.29, 1.82) is 5.26 Å². The number of aliphatic carboxylic acids is 1. The third-order valence-corrected chi connectivity index (χ3v) is 3.92. The highest BCUT2D eigenvalue weighted by atomic mass is 16.4. The molecule has 3 N–H and O–H groups in total. The minimum absolute atomic E-state index is 0.167. The lowest BCUT2D eigenvalue weighted by atomic mass is 9.86. The predicted molar refractivity (Wildman–Crippen MR) is 88.9 cm³/mol. The second kappa shape index (κ2) is 8.89. The van der Waals surface area contributed by atoms with E-state index in [1.807, 2.05) is 6.07 Å². The van der Waals surface area contributed by atoms with Crippen molar-refractivity contribution >= 4 is 17.2 Å². The molecule has 0 saturated heterocycles. The number of nitrogen functional groups attached to an aromatic ring is 1. The number of hydrogen-bond acceptors (Lipinski definition) is 3. The van der Waals surface area contributed by atoms with Crippen LogP contribution >= 0.6 is 0 Å². The number of benzene rings is 1. The van der Waals surface area contributed by atoms with Gasteiger partial charge in [-0.3, -0.25) is 0 Å². The van der Waals surface area contributed by atoms with Crippen molar-refractivity contribution in [3.8, 4) is 6.07 Å². The molecule has 1 aromatic carbocycles. The summed E-state index contributed by atoms with van der Waals surface area (Å²) in [6.07, 6.45) is 4.85. The number of carboxylic acids is 1. The molecule has 0 aliphatic heterocycles. The number of nitriles is 1. The summed E-state index contributed by atoms with van der Waals surface area (Å²) in [7, 11) is 0. The Labute approximate surface area is 132 Å². The number of carbonyl (C=O) groups is 1. The zero-order valence-corrected chi connectivity index (χ0v) is 13.3. The van der Waals surface area contributed by atoms with E-state index in [1.165, 1.54) is 0 Å². The fourth-order valence-electron chi connectivity index (χ4n) is 2.52. The number of hydrogen-bond donors (Lipinski definition) is 2. The summed E-state index contributed by atoms with van der Waals surface area (Å²) in [6, 6.07) is 8.90. The fourth-order valence-corrected chi connectivity index (χ4v) is 2.52. The van der Waals surface area contributed by atoms with Crippen molar-refractivity contribution in [3.63, 3.8) is 0 Å². The maximum Gasteiger partial charge on any atom is 0.346 e. The number of nitrogens with two attached hydrogens (primary N) is 1. The number of allylic oxidation sites excluding steroid dienone is 1. The van der Waals surface area contributed by atoms with Gasteiger partial charge in [0.2, 0.25) is 0 Å². The zero-order chi connectivity index (χ0) is 16.5. The van der Waals surface area contributed by atoms with Gasteiger partial charge in [0.1, 0.15) is 11.6 Å². The Morgan fingerprint density at radius 2 is 1.95 bits per heavy atom. The van der Waals surface area contributed by atoms with Crippen LogP contribution in [-0.2, 0) is 4.79 Å². The van der Waals surface area contributed by atoms with E-state index in [0.29, 0.717) is 23.6 Å². The smallest absolute Gasteiger partial charge is 0.346 e. The standard InChI is InChI=1S/C18H24N2O2/c1-3-5-6-13(4-2)11-16(17(12-19)18(21)22)14-7-9-15(20)10-8-14/h7-10,13H,3-6,11,20H2,1-2H3,(H,21,22)/b17-16-. The third-order valence-electron chi connectivity index (χ3n) is 3.92. The molecule has 0 aromatic heterocycles. The van der Waals surface area contributed by atoms with E-state index >= 15 is 0 Å². The van der Waals surface area contributed by atoms with Crippen molar-refractivity contribution < 1.29 is 9.90 Å². The van der Waals surface area contributed by atoms with E-state index in [4.69, 9.17) is 5.73 Å². The van der Waals surface area contributed by atoms with Crippen molar-refractivity contribution in [3.05, 3.63) is 35.4 Å². The molecule has 0 aliphatic rings. The first-order chi connectivity index (χ1) is 10.5. The van der Waals surface area contributed by atoms with Crippen LogP contribution in [0.3, 0.4) is 0 Å². The van der Waals surface area contributed by atoms with Gasteiger partial charge in [-0.1, -0.05) is 51.7 Å². The third kappa shape index (κ3) is 4.92. The molecule has 0 spiro atoms. The summed E-state index contributed by atoms with van der Waals surface area (Å²) in [5.41, 5.74) is 7.52. The first kappa shape index (κ1) is 17.8. The maximum atomic E-state index is 11.4. The molecule has 22 heavy (non-hydrogen) atoms. The predicted octanol–water partition coefficient (Wildman–Crippen LogP) is 4.24. The number of unbranched alkanes of at least 4 members (excludes halogenated alkanes) is 1. The van der Waals surface area contributed by atoms with Gasteiger partial charge in [-0.25, -0.2) is 4.79 Å². The van der Waals surface area contributed by atoms with Crippen molar-refractivity contribution in [2.75, 3.05) is 5.73 Å². The molecule has 0 amide bonds. The molecule has 0 fully saturated rings. The molecule has 118 valence electrons. The zero-order valence-electron chi connectivity index (χ0n) is 13.3. The van der Waals surface area contributed by atoms with Crippen LogP contribution in [0.1, 0.15) is 51.5 Å². The molecular formula is C18H24N2O2. The van der Waals surface area contributed by atoms with E-state index in [1.54, 1.807) is 24.3 Å². The first-order valence-electron chi connectivity index (χ1n) is 7.75. The molecule has 0 heterocycles. The summed E-state index contributed by atoms with van der Waals surface area (Å²) in [5.74, 6) is -0.783. The second-order valence-electron chi connectivity index (χ2n) is 5.51. The topological polar surface area (TPSA) is 87.1 Å². The summed E-state index contributed by atoms with van der Waals surface area (Å²) in [4.78, 5) is 11.4. The lowest BCUT2D eigenvalue weighted by molar-refractivity contribution is -0.132. The summed E-state index contributed by atoms with van der Waals surface area (Å²) in [6.45, 7) is 4.25. The summed E-state index contributed by atoms with van der Waals surface area (Å²) < 4.78 is 0.